The average molecular weight is 1440 g/mol. The molecule has 0 radical (unpaired) electrons. The zero-order valence-corrected chi connectivity index (χ0v) is 57.3. The molecule has 103 heavy (non-hydrogen) atoms. The Morgan fingerprint density at radius 2 is 0.476 bits per heavy atom. The van der Waals surface area contributed by atoms with Crippen molar-refractivity contribution in [3.8, 4) is 67.5 Å². The number of aromatic nitrogens is 4. The largest absolute Gasteiger partial charge is 2.00 e. The monoisotopic (exact) mass is 1440 g/mol. The first kappa shape index (κ1) is 72.2. The molecule has 0 N–H and O–H groups in total. The third-order valence-corrected chi connectivity index (χ3v) is 18.0. The van der Waals surface area contributed by atoms with Crippen molar-refractivity contribution < 1.29 is 79.9 Å². The third-order valence-electron chi connectivity index (χ3n) is 18.0. The molecule has 11 aromatic rings. The van der Waals surface area contributed by atoms with E-state index in [2.05, 4.69) is 0 Å². The summed E-state index contributed by atoms with van der Waals surface area (Å²) >= 11 is 0. The van der Waals surface area contributed by atoms with Gasteiger partial charge in [-0.1, -0.05) is 211 Å². The van der Waals surface area contributed by atoms with Crippen molar-refractivity contribution in [2.24, 2.45) is 0 Å². The number of benzene rings is 8. The van der Waals surface area contributed by atoms with Crippen LogP contribution < -0.4 is 28.9 Å². The van der Waals surface area contributed by atoms with Crippen molar-refractivity contribution in [1.82, 2.24) is 19.9 Å². The van der Waals surface area contributed by atoms with E-state index in [4.69, 9.17) is 38.9 Å². The molecule has 8 aromatic carbocycles. The molecule has 4 atom stereocenters. The maximum absolute atomic E-state index is 17.2. The summed E-state index contributed by atoms with van der Waals surface area (Å²) in [5.74, 6) is -22.1. The minimum absolute atomic E-state index is 0. The molecule has 0 amide bonds. The van der Waals surface area contributed by atoms with E-state index in [1.54, 1.807) is 36.4 Å². The van der Waals surface area contributed by atoms with Gasteiger partial charge in [0.05, 0.1) is 45.0 Å². The van der Waals surface area contributed by atoms with E-state index >= 15 is 43.9 Å². The van der Waals surface area contributed by atoms with Crippen LogP contribution in [0.1, 0.15) is 149 Å². The number of rotatable bonds is 24. The molecule has 13 rings (SSSR count). The van der Waals surface area contributed by atoms with E-state index in [0.29, 0.717) is 51.4 Å². The van der Waals surface area contributed by atoms with Crippen LogP contribution in [0.5, 0.6) is 23.0 Å². The molecule has 19 heteroatoms. The maximum Gasteiger partial charge on any atom is 2.00 e. The summed E-state index contributed by atoms with van der Waals surface area (Å²) in [6, 6.07) is 52.9. The van der Waals surface area contributed by atoms with Crippen molar-refractivity contribution >= 4 is 46.4 Å². The van der Waals surface area contributed by atoms with Crippen LogP contribution >= 0.6 is 0 Å². The molecule has 0 spiro atoms. The van der Waals surface area contributed by atoms with Crippen molar-refractivity contribution in [3.05, 3.63) is 285 Å². The normalized spacial score (nSPS) is 13.0. The molecule has 0 aliphatic carbocycles. The minimum Gasteiger partial charge on any atom is -0.657 e. The van der Waals surface area contributed by atoms with Crippen LogP contribution in [0.3, 0.4) is 0 Å². The van der Waals surface area contributed by atoms with Crippen LogP contribution in [0.15, 0.2) is 182 Å². The van der Waals surface area contributed by atoms with Gasteiger partial charge in [0, 0.05) is 11.1 Å². The van der Waals surface area contributed by atoms with E-state index in [1.807, 2.05) is 149 Å². The van der Waals surface area contributed by atoms with Gasteiger partial charge in [0.1, 0.15) is 47.4 Å². The van der Waals surface area contributed by atoms with Crippen molar-refractivity contribution in [2.75, 3.05) is 0 Å². The fourth-order valence-electron chi connectivity index (χ4n) is 13.2. The average Bonchev–Trinajstić information content (AvgIpc) is 1.65. The molecule has 0 unspecified atom stereocenters. The Morgan fingerprint density at radius 3 is 0.699 bits per heavy atom. The third kappa shape index (κ3) is 14.4. The van der Waals surface area contributed by atoms with Crippen LogP contribution in [0.25, 0.3) is 90.9 Å². The first-order valence-corrected chi connectivity index (χ1v) is 33.8. The van der Waals surface area contributed by atoms with Gasteiger partial charge in [-0.3, -0.25) is 0 Å². The fourth-order valence-corrected chi connectivity index (χ4v) is 13.2. The van der Waals surface area contributed by atoms with E-state index in [0.717, 1.165) is 22.3 Å². The predicted molar refractivity (Wildman–Crippen MR) is 377 cm³/mol. The molecule has 0 fully saturated rings. The number of fused-ring (bicyclic) bond motifs is 8. The van der Waals surface area contributed by atoms with Gasteiger partial charge in [-0.2, -0.15) is 0 Å². The maximum atomic E-state index is 17.2. The summed E-state index contributed by atoms with van der Waals surface area (Å²) in [5.41, 5.74) is -2.71. The van der Waals surface area contributed by atoms with Crippen LogP contribution in [0.4, 0.5) is 43.9 Å². The van der Waals surface area contributed by atoms with Crippen molar-refractivity contribution in [1.29, 1.82) is 0 Å². The number of hydrogen-bond acceptors (Lipinski definition) is 6. The molecule has 524 valence electrons. The van der Waals surface area contributed by atoms with Gasteiger partial charge in [0.2, 0.25) is 11.6 Å². The topological polar surface area (TPSA) is 90.9 Å². The fraction of sp³-hybridized carbons (Fsp3) is 0.190. The predicted octanol–water partition coefficient (Wildman–Crippen LogP) is 23.7. The van der Waals surface area contributed by atoms with E-state index in [-0.39, 0.29) is 107 Å². The van der Waals surface area contributed by atoms with Gasteiger partial charge >= 0.3 is 17.1 Å². The SMILES string of the molecule is CCC[C@@H](Oc1cccc(O[C@H](CCC)c2ccccc2)c1-c1c2nc(c(-c3c(F)c(F)c(F)c(F)c3F)c3ccc([n-]3)c(-c3c(O[C@H](CCC)c4ccccc4)cccc3O[C@H](CCC)c3ccccc3)c3nc(c(-c4c(F)c(F)c(F)c(F)c4F)c4ccc1[n-]4)C=C3)C=C2)c1ccccc1.[Fe+2]. The summed E-state index contributed by atoms with van der Waals surface area (Å²) in [6.07, 6.45) is 7.23. The number of ether oxygens (including phenoxy) is 4. The first-order chi connectivity index (χ1) is 49.6. The second-order valence-electron chi connectivity index (χ2n) is 24.7. The van der Waals surface area contributed by atoms with Crippen LogP contribution in [0, 0.1) is 58.2 Å². The molecule has 0 saturated heterocycles. The zero-order valence-electron chi connectivity index (χ0n) is 56.2. The Morgan fingerprint density at radius 1 is 0.262 bits per heavy atom. The standard InChI is InChI=1S/C84H66F10N4O4.Fe/c1-5-23-59(47-27-13-9-14-28-47)99-63-35-21-36-64(100-60(24-6-2)48-29-15-10-16-30-48)71(63)67-51-39-43-55(95-51)69(73-75(85)79(89)83(93)80(90)76(73)86)57-45-41-53(97-57)68(54-42-46-58(98-54)70(56-44-40-52(67)96-56)74-77(87)81(91)84(94)82(92)78(74)88)72-65(101-61(25-7-3)49-31-17-11-18-32-49)37-22-38-66(72)102-62(26-8-4)50-33-19-12-20-34-50;/h9-22,27-46,59-62H,5-8,23-26H2,1-4H3;/q-2;+2/t59-,60-,61-,62-;/m1./s1. The van der Waals surface area contributed by atoms with E-state index in [1.165, 1.54) is 48.6 Å². The Labute approximate surface area is 599 Å². The quantitative estimate of drug-likeness (QED) is 0.0256. The molecule has 8 bridgehead atoms. The Kier molecular flexibility index (Phi) is 22.2. The van der Waals surface area contributed by atoms with Gasteiger partial charge in [0.15, 0.2) is 46.5 Å². The summed E-state index contributed by atoms with van der Waals surface area (Å²) in [4.78, 5) is 20.3. The second-order valence-corrected chi connectivity index (χ2v) is 24.7. The number of hydrogen-bond donors (Lipinski definition) is 0. The van der Waals surface area contributed by atoms with Crippen LogP contribution in [0.2, 0.25) is 0 Å². The molecular weight excluding hydrogens is 1370 g/mol. The Bertz CT molecular complexity index is 4650. The smallest absolute Gasteiger partial charge is 0.657 e. The molecule has 2 aliphatic rings. The van der Waals surface area contributed by atoms with Crippen LogP contribution in [-0.4, -0.2) is 9.97 Å². The first-order valence-electron chi connectivity index (χ1n) is 33.8. The summed E-state index contributed by atoms with van der Waals surface area (Å²) in [7, 11) is 0. The van der Waals surface area contributed by atoms with Crippen molar-refractivity contribution in [2.45, 2.75) is 103 Å². The zero-order chi connectivity index (χ0) is 71.3. The summed E-state index contributed by atoms with van der Waals surface area (Å²) in [6.45, 7) is 7.91. The van der Waals surface area contributed by atoms with Crippen LogP contribution in [-0.2, 0) is 17.1 Å². The molecule has 2 aliphatic heterocycles. The van der Waals surface area contributed by atoms with Gasteiger partial charge in [-0.25, -0.2) is 53.9 Å². The molecule has 5 heterocycles. The van der Waals surface area contributed by atoms with Crippen molar-refractivity contribution in [3.63, 3.8) is 0 Å². The Balaban J connectivity index is 0.00001000. The number of nitrogens with zero attached hydrogens (tertiary/aromatic N) is 4. The van der Waals surface area contributed by atoms with Gasteiger partial charge in [-0.15, -0.1) is 22.1 Å². The molecule has 0 saturated carbocycles. The molecular formula is C84H66F10FeN4O4. The molecule has 8 nitrogen and oxygen atoms in total. The summed E-state index contributed by atoms with van der Waals surface area (Å²) < 4.78 is 193. The Hall–Kier alpha value is -10.6. The van der Waals surface area contributed by atoms with E-state index in [9.17, 15) is 0 Å². The number of halogens is 10. The van der Waals surface area contributed by atoms with Gasteiger partial charge in [0.25, 0.3) is 0 Å². The van der Waals surface area contributed by atoms with E-state index < -0.39 is 105 Å². The molecule has 3 aromatic heterocycles. The minimum atomic E-state index is -2.42. The van der Waals surface area contributed by atoms with Gasteiger partial charge < -0.3 is 28.9 Å². The summed E-state index contributed by atoms with van der Waals surface area (Å²) in [5, 5.41) is 0. The van der Waals surface area contributed by atoms with Gasteiger partial charge in [-0.05, 0) is 108 Å². The second kappa shape index (κ2) is 31.7.